The van der Waals surface area contributed by atoms with Gasteiger partial charge < -0.3 is 10.1 Å². The molecule has 1 aromatic heterocycles. The van der Waals surface area contributed by atoms with Crippen LogP contribution in [0.25, 0.3) is 5.69 Å². The number of nitrogens with zero attached hydrogens (tertiary/aromatic N) is 3. The molecular formula is C28H30N4O2S. The van der Waals surface area contributed by atoms with Crippen LogP contribution in [-0.2, 0) is 23.5 Å². The van der Waals surface area contributed by atoms with Gasteiger partial charge in [-0.1, -0.05) is 78.5 Å². The highest BCUT2D eigenvalue weighted by atomic mass is 32.2. The fourth-order valence-electron chi connectivity index (χ4n) is 3.81. The van der Waals surface area contributed by atoms with Gasteiger partial charge in [0.05, 0.1) is 7.11 Å². The van der Waals surface area contributed by atoms with Crippen molar-refractivity contribution < 1.29 is 9.53 Å². The Labute approximate surface area is 210 Å². The van der Waals surface area contributed by atoms with Gasteiger partial charge in [0.15, 0.2) is 5.16 Å². The van der Waals surface area contributed by atoms with Gasteiger partial charge in [0.1, 0.15) is 11.6 Å². The molecule has 35 heavy (non-hydrogen) atoms. The van der Waals surface area contributed by atoms with E-state index in [0.717, 1.165) is 53.0 Å². The molecule has 0 bridgehead atoms. The van der Waals surface area contributed by atoms with Gasteiger partial charge in [0, 0.05) is 36.4 Å². The number of thioether (sulfide) groups is 1. The Bertz CT molecular complexity index is 1210. The summed E-state index contributed by atoms with van der Waals surface area (Å²) in [5.41, 5.74) is 3.28. The van der Waals surface area contributed by atoms with Crippen molar-refractivity contribution in [3.05, 3.63) is 102 Å². The zero-order chi connectivity index (χ0) is 24.3. The van der Waals surface area contributed by atoms with E-state index in [0.29, 0.717) is 13.0 Å². The van der Waals surface area contributed by atoms with Crippen LogP contribution in [0.4, 0.5) is 0 Å². The van der Waals surface area contributed by atoms with E-state index in [1.807, 2.05) is 48.5 Å². The van der Waals surface area contributed by atoms with Crippen LogP contribution in [-0.4, -0.2) is 27.8 Å². The molecule has 0 aliphatic rings. The van der Waals surface area contributed by atoms with Crippen molar-refractivity contribution in [3.63, 3.8) is 0 Å². The minimum atomic E-state index is 0.0412. The largest absolute Gasteiger partial charge is 0.496 e. The van der Waals surface area contributed by atoms with Crippen LogP contribution in [0, 0.1) is 0 Å². The summed E-state index contributed by atoms with van der Waals surface area (Å²) in [6.07, 6.45) is 2.88. The van der Waals surface area contributed by atoms with Crippen molar-refractivity contribution in [2.75, 3.05) is 7.11 Å². The topological polar surface area (TPSA) is 69.0 Å². The number of rotatable bonds is 12. The average molecular weight is 487 g/mol. The summed E-state index contributed by atoms with van der Waals surface area (Å²) in [4.78, 5) is 12.4. The lowest BCUT2D eigenvalue weighted by atomic mass is 10.1. The van der Waals surface area contributed by atoms with Crippen molar-refractivity contribution in [2.45, 2.75) is 43.1 Å². The Kier molecular flexibility index (Phi) is 8.95. The number of hydrogen-bond donors (Lipinski definition) is 1. The number of aryl methyl sites for hydroxylation is 1. The molecule has 0 unspecified atom stereocenters. The maximum absolute atomic E-state index is 12.4. The van der Waals surface area contributed by atoms with E-state index in [9.17, 15) is 4.79 Å². The molecule has 1 heterocycles. The minimum absolute atomic E-state index is 0.0412. The molecule has 180 valence electrons. The van der Waals surface area contributed by atoms with Crippen LogP contribution in [0.2, 0.25) is 0 Å². The Hall–Kier alpha value is -3.58. The monoisotopic (exact) mass is 486 g/mol. The van der Waals surface area contributed by atoms with Crippen molar-refractivity contribution in [2.24, 2.45) is 0 Å². The number of nitrogens with one attached hydrogen (secondary N) is 1. The Morgan fingerprint density at radius 2 is 1.63 bits per heavy atom. The lowest BCUT2D eigenvalue weighted by Gasteiger charge is -2.11. The normalized spacial score (nSPS) is 10.8. The third-order valence-corrected chi connectivity index (χ3v) is 6.65. The van der Waals surface area contributed by atoms with Gasteiger partial charge in [0.2, 0.25) is 5.91 Å². The average Bonchev–Trinajstić information content (AvgIpc) is 3.32. The fourth-order valence-corrected chi connectivity index (χ4v) is 4.74. The maximum Gasteiger partial charge on any atom is 0.220 e. The molecular weight excluding hydrogens is 456 g/mol. The number of carbonyl (C=O) groups excluding carboxylic acids is 1. The van der Waals surface area contributed by atoms with E-state index in [2.05, 4.69) is 56.5 Å². The van der Waals surface area contributed by atoms with Gasteiger partial charge in [-0.25, -0.2) is 0 Å². The second-order valence-electron chi connectivity index (χ2n) is 8.14. The highest BCUT2D eigenvalue weighted by molar-refractivity contribution is 7.98. The smallest absolute Gasteiger partial charge is 0.220 e. The molecule has 0 aliphatic heterocycles. The van der Waals surface area contributed by atoms with Crippen LogP contribution in [0.1, 0.15) is 36.2 Å². The van der Waals surface area contributed by atoms with Gasteiger partial charge in [-0.3, -0.25) is 9.36 Å². The summed E-state index contributed by atoms with van der Waals surface area (Å²) in [6.45, 7) is 0.465. The Morgan fingerprint density at radius 3 is 2.40 bits per heavy atom. The van der Waals surface area contributed by atoms with Crippen molar-refractivity contribution in [3.8, 4) is 11.4 Å². The highest BCUT2D eigenvalue weighted by Gasteiger charge is 2.15. The molecule has 0 aliphatic carbocycles. The third kappa shape index (κ3) is 6.96. The molecule has 4 rings (SSSR count). The second-order valence-corrected chi connectivity index (χ2v) is 9.08. The first kappa shape index (κ1) is 24.5. The van der Waals surface area contributed by atoms with E-state index in [-0.39, 0.29) is 5.91 Å². The van der Waals surface area contributed by atoms with E-state index < -0.39 is 0 Å². The maximum atomic E-state index is 12.4. The summed E-state index contributed by atoms with van der Waals surface area (Å²) in [6, 6.07) is 28.3. The SMILES string of the molecule is COc1ccccc1CNC(=O)CCCCc1nnc(SCc2ccccc2)n1-c1ccccc1. The first-order chi connectivity index (χ1) is 17.2. The number of ether oxygens (including phenoxy) is 1. The van der Waals surface area contributed by atoms with Crippen LogP contribution in [0.3, 0.4) is 0 Å². The molecule has 0 saturated carbocycles. The molecule has 0 atom stereocenters. The van der Waals surface area contributed by atoms with Crippen LogP contribution in [0.15, 0.2) is 90.1 Å². The molecule has 0 radical (unpaired) electrons. The summed E-state index contributed by atoms with van der Waals surface area (Å²) in [7, 11) is 1.64. The number of amides is 1. The number of benzene rings is 3. The number of para-hydroxylation sites is 2. The molecule has 0 spiro atoms. The minimum Gasteiger partial charge on any atom is -0.496 e. The number of aromatic nitrogens is 3. The predicted molar refractivity (Wildman–Crippen MR) is 140 cm³/mol. The summed E-state index contributed by atoms with van der Waals surface area (Å²) in [5, 5.41) is 12.8. The quantitative estimate of drug-likeness (QED) is 0.209. The van der Waals surface area contributed by atoms with Gasteiger partial charge in [-0.05, 0) is 36.6 Å². The Morgan fingerprint density at radius 1 is 0.914 bits per heavy atom. The first-order valence-corrected chi connectivity index (χ1v) is 12.8. The third-order valence-electron chi connectivity index (χ3n) is 5.65. The van der Waals surface area contributed by atoms with Gasteiger partial charge in [-0.2, -0.15) is 0 Å². The summed E-state index contributed by atoms with van der Waals surface area (Å²) < 4.78 is 7.48. The van der Waals surface area contributed by atoms with E-state index >= 15 is 0 Å². The second kappa shape index (κ2) is 12.8. The van der Waals surface area contributed by atoms with E-state index in [4.69, 9.17) is 4.74 Å². The zero-order valence-corrected chi connectivity index (χ0v) is 20.7. The molecule has 0 fully saturated rings. The van der Waals surface area contributed by atoms with Crippen LogP contribution >= 0.6 is 11.8 Å². The lowest BCUT2D eigenvalue weighted by molar-refractivity contribution is -0.121. The molecule has 1 amide bonds. The van der Waals surface area contributed by atoms with Crippen LogP contribution < -0.4 is 10.1 Å². The first-order valence-electron chi connectivity index (χ1n) is 11.8. The summed E-state index contributed by atoms with van der Waals surface area (Å²) in [5.74, 6) is 2.58. The lowest BCUT2D eigenvalue weighted by Crippen LogP contribution is -2.22. The van der Waals surface area contributed by atoms with Gasteiger partial charge in [-0.15, -0.1) is 10.2 Å². The summed E-state index contributed by atoms with van der Waals surface area (Å²) >= 11 is 1.68. The van der Waals surface area contributed by atoms with Crippen LogP contribution in [0.5, 0.6) is 5.75 Å². The number of hydrogen-bond acceptors (Lipinski definition) is 5. The highest BCUT2D eigenvalue weighted by Crippen LogP contribution is 2.26. The molecule has 7 heteroatoms. The van der Waals surface area contributed by atoms with Gasteiger partial charge >= 0.3 is 0 Å². The van der Waals surface area contributed by atoms with Crippen molar-refractivity contribution in [1.82, 2.24) is 20.1 Å². The predicted octanol–water partition coefficient (Wildman–Crippen LogP) is 5.60. The number of carbonyl (C=O) groups is 1. The van der Waals surface area contributed by atoms with E-state index in [1.54, 1.807) is 18.9 Å². The molecule has 0 saturated heterocycles. The molecule has 3 aromatic carbocycles. The number of methoxy groups -OCH3 is 1. The van der Waals surface area contributed by atoms with Crippen molar-refractivity contribution >= 4 is 17.7 Å². The molecule has 4 aromatic rings. The molecule has 6 nitrogen and oxygen atoms in total. The molecule has 1 N–H and O–H groups in total. The van der Waals surface area contributed by atoms with E-state index in [1.165, 1.54) is 5.56 Å². The number of unbranched alkanes of at least 4 members (excludes halogenated alkanes) is 1. The zero-order valence-electron chi connectivity index (χ0n) is 19.9. The standard InChI is InChI=1S/C28H30N4O2S/c1-34-25-17-9-8-14-23(25)20-29-27(33)19-11-10-18-26-30-31-28(32(26)24-15-6-3-7-16-24)35-21-22-12-4-2-5-13-22/h2-9,12-17H,10-11,18-21H2,1H3,(H,29,33). The van der Waals surface area contributed by atoms with Gasteiger partial charge in [0.25, 0.3) is 0 Å². The fraction of sp³-hybridized carbons (Fsp3) is 0.250. The Balaban J connectivity index is 1.32. The van der Waals surface area contributed by atoms with Crippen molar-refractivity contribution in [1.29, 1.82) is 0 Å².